The maximum atomic E-state index is 11.5. The first-order chi connectivity index (χ1) is 8.41. The number of aliphatic carboxylic acids is 1. The number of carboxylic acids is 1. The molecular formula is C11H19N3O4. The van der Waals surface area contributed by atoms with Crippen LogP contribution in [-0.2, 0) is 14.4 Å². The van der Waals surface area contributed by atoms with Crippen molar-refractivity contribution in [2.75, 3.05) is 13.1 Å². The zero-order valence-corrected chi connectivity index (χ0v) is 10.2. The second kappa shape index (κ2) is 6.34. The Balaban J connectivity index is 2.22. The van der Waals surface area contributed by atoms with E-state index in [4.69, 9.17) is 16.6 Å². The lowest BCUT2D eigenvalue weighted by atomic mass is 10.1. The van der Waals surface area contributed by atoms with E-state index < -0.39 is 23.8 Å². The van der Waals surface area contributed by atoms with Crippen molar-refractivity contribution in [1.82, 2.24) is 4.90 Å². The van der Waals surface area contributed by atoms with Crippen molar-refractivity contribution < 1.29 is 19.5 Å². The number of amides is 2. The minimum atomic E-state index is -1.01. The standard InChI is InChI=1S/C11H19N3O4/c12-8(11(17)18)3-1-2-4-14-6-7(10(13)16)5-9(14)15/h7-8H,1-6,12H2,(H2,13,16)(H,17,18). The number of hydrogen-bond donors (Lipinski definition) is 3. The van der Waals surface area contributed by atoms with E-state index in [1.165, 1.54) is 0 Å². The third kappa shape index (κ3) is 3.99. The molecule has 0 spiro atoms. The van der Waals surface area contributed by atoms with Gasteiger partial charge in [-0.25, -0.2) is 0 Å². The molecule has 7 nitrogen and oxygen atoms in total. The molecule has 102 valence electrons. The lowest BCUT2D eigenvalue weighted by Crippen LogP contribution is -2.31. The molecule has 7 heteroatoms. The largest absolute Gasteiger partial charge is 0.480 e. The highest BCUT2D eigenvalue weighted by atomic mass is 16.4. The SMILES string of the molecule is NC(=O)C1CC(=O)N(CCCCC(N)C(=O)O)C1. The molecular weight excluding hydrogens is 238 g/mol. The van der Waals surface area contributed by atoms with E-state index in [1.807, 2.05) is 0 Å². The summed E-state index contributed by atoms with van der Waals surface area (Å²) in [4.78, 5) is 34.6. The van der Waals surface area contributed by atoms with Crippen molar-refractivity contribution in [3.8, 4) is 0 Å². The van der Waals surface area contributed by atoms with E-state index in [1.54, 1.807) is 4.90 Å². The first-order valence-electron chi connectivity index (χ1n) is 5.97. The number of carbonyl (C=O) groups excluding carboxylic acids is 2. The molecule has 2 unspecified atom stereocenters. The Morgan fingerprint density at radius 3 is 2.61 bits per heavy atom. The van der Waals surface area contributed by atoms with Crippen molar-refractivity contribution in [2.24, 2.45) is 17.4 Å². The number of carboxylic acid groups (broad SMARTS) is 1. The van der Waals surface area contributed by atoms with Crippen LogP contribution in [0.1, 0.15) is 25.7 Å². The van der Waals surface area contributed by atoms with Crippen molar-refractivity contribution in [1.29, 1.82) is 0 Å². The summed E-state index contributed by atoms with van der Waals surface area (Å²) in [6, 6.07) is -0.849. The molecule has 0 aromatic heterocycles. The normalized spacial score (nSPS) is 21.1. The van der Waals surface area contributed by atoms with E-state index in [0.717, 1.165) is 0 Å². The summed E-state index contributed by atoms with van der Waals surface area (Å²) in [6.45, 7) is 0.897. The highest BCUT2D eigenvalue weighted by molar-refractivity contribution is 5.88. The topological polar surface area (TPSA) is 127 Å². The molecule has 1 heterocycles. The Bertz CT molecular complexity index is 345. The number of rotatable bonds is 7. The van der Waals surface area contributed by atoms with Crippen LogP contribution in [0.3, 0.4) is 0 Å². The minimum absolute atomic E-state index is 0.0682. The van der Waals surface area contributed by atoms with Gasteiger partial charge in [0.25, 0.3) is 0 Å². The maximum absolute atomic E-state index is 11.5. The number of primary amides is 1. The zero-order valence-electron chi connectivity index (χ0n) is 10.2. The number of likely N-dealkylation sites (tertiary alicyclic amines) is 1. The van der Waals surface area contributed by atoms with Gasteiger partial charge in [-0.05, 0) is 19.3 Å². The number of hydrogen-bond acceptors (Lipinski definition) is 4. The molecule has 0 aromatic carbocycles. The molecule has 0 bridgehead atoms. The average molecular weight is 257 g/mol. The predicted octanol–water partition coefficient (Wildman–Crippen LogP) is -1.10. The van der Waals surface area contributed by atoms with Gasteiger partial charge in [0.15, 0.2) is 0 Å². The Morgan fingerprint density at radius 2 is 2.11 bits per heavy atom. The summed E-state index contributed by atoms with van der Waals surface area (Å²) in [5, 5.41) is 8.59. The van der Waals surface area contributed by atoms with Gasteiger partial charge in [0, 0.05) is 19.5 Å². The third-order valence-electron chi connectivity index (χ3n) is 3.13. The van der Waals surface area contributed by atoms with Gasteiger partial charge in [-0.3, -0.25) is 14.4 Å². The van der Waals surface area contributed by atoms with E-state index in [2.05, 4.69) is 0 Å². The lowest BCUT2D eigenvalue weighted by Gasteiger charge is -2.16. The second-order valence-electron chi connectivity index (χ2n) is 4.58. The van der Waals surface area contributed by atoms with Gasteiger partial charge >= 0.3 is 5.97 Å². The molecule has 18 heavy (non-hydrogen) atoms. The fraction of sp³-hybridized carbons (Fsp3) is 0.727. The van der Waals surface area contributed by atoms with Crippen LogP contribution in [-0.4, -0.2) is 46.9 Å². The van der Waals surface area contributed by atoms with E-state index in [0.29, 0.717) is 32.4 Å². The number of nitrogens with zero attached hydrogens (tertiary/aromatic N) is 1. The van der Waals surface area contributed by atoms with Gasteiger partial charge in [-0.2, -0.15) is 0 Å². The fourth-order valence-electron chi connectivity index (χ4n) is 1.97. The Labute approximate surface area is 105 Å². The third-order valence-corrected chi connectivity index (χ3v) is 3.13. The molecule has 0 aromatic rings. The van der Waals surface area contributed by atoms with Crippen LogP contribution in [0.15, 0.2) is 0 Å². The number of unbranched alkanes of at least 4 members (excludes halogenated alkanes) is 1. The molecule has 1 aliphatic heterocycles. The molecule has 1 fully saturated rings. The van der Waals surface area contributed by atoms with E-state index in [9.17, 15) is 14.4 Å². The van der Waals surface area contributed by atoms with Crippen molar-refractivity contribution >= 4 is 17.8 Å². The van der Waals surface area contributed by atoms with Crippen LogP contribution in [0.4, 0.5) is 0 Å². The summed E-state index contributed by atoms with van der Waals surface area (Å²) in [7, 11) is 0. The maximum Gasteiger partial charge on any atom is 0.320 e. The summed E-state index contributed by atoms with van der Waals surface area (Å²) in [5.74, 6) is -1.92. The van der Waals surface area contributed by atoms with Gasteiger partial charge in [0.2, 0.25) is 11.8 Å². The average Bonchev–Trinajstić information content (AvgIpc) is 2.66. The molecule has 5 N–H and O–H groups in total. The molecule has 0 aliphatic carbocycles. The summed E-state index contributed by atoms with van der Waals surface area (Å²) >= 11 is 0. The van der Waals surface area contributed by atoms with Crippen LogP contribution in [0.2, 0.25) is 0 Å². The number of carbonyl (C=O) groups is 3. The van der Waals surface area contributed by atoms with Gasteiger partial charge in [-0.15, -0.1) is 0 Å². The molecule has 0 saturated carbocycles. The first kappa shape index (κ1) is 14.4. The van der Waals surface area contributed by atoms with Crippen LogP contribution in [0.5, 0.6) is 0 Å². The van der Waals surface area contributed by atoms with Crippen LogP contribution in [0, 0.1) is 5.92 Å². The van der Waals surface area contributed by atoms with Crippen molar-refractivity contribution in [3.05, 3.63) is 0 Å². The monoisotopic (exact) mass is 257 g/mol. The predicted molar refractivity (Wildman–Crippen MR) is 63.3 cm³/mol. The zero-order chi connectivity index (χ0) is 13.7. The fourth-order valence-corrected chi connectivity index (χ4v) is 1.97. The van der Waals surface area contributed by atoms with Gasteiger partial charge in [-0.1, -0.05) is 0 Å². The van der Waals surface area contributed by atoms with Crippen LogP contribution >= 0.6 is 0 Å². The molecule has 2 atom stereocenters. The molecule has 0 radical (unpaired) electrons. The van der Waals surface area contributed by atoms with Crippen molar-refractivity contribution in [2.45, 2.75) is 31.7 Å². The Hall–Kier alpha value is -1.63. The smallest absolute Gasteiger partial charge is 0.320 e. The summed E-state index contributed by atoms with van der Waals surface area (Å²) < 4.78 is 0. The first-order valence-corrected chi connectivity index (χ1v) is 5.97. The van der Waals surface area contributed by atoms with Gasteiger partial charge in [0.1, 0.15) is 6.04 Å². The number of nitrogens with two attached hydrogens (primary N) is 2. The summed E-state index contributed by atoms with van der Waals surface area (Å²) in [5.41, 5.74) is 10.5. The quantitative estimate of drug-likeness (QED) is 0.499. The van der Waals surface area contributed by atoms with Crippen LogP contribution < -0.4 is 11.5 Å². The van der Waals surface area contributed by atoms with E-state index >= 15 is 0 Å². The summed E-state index contributed by atoms with van der Waals surface area (Å²) in [6.07, 6.45) is 1.89. The molecule has 2 amide bonds. The molecule has 1 aliphatic rings. The lowest BCUT2D eigenvalue weighted by molar-refractivity contribution is -0.138. The second-order valence-corrected chi connectivity index (χ2v) is 4.58. The molecule has 1 saturated heterocycles. The minimum Gasteiger partial charge on any atom is -0.480 e. The van der Waals surface area contributed by atoms with Gasteiger partial charge in [0.05, 0.1) is 5.92 Å². The molecule has 1 rings (SSSR count). The highest BCUT2D eigenvalue weighted by Crippen LogP contribution is 2.17. The van der Waals surface area contributed by atoms with Gasteiger partial charge < -0.3 is 21.5 Å². The van der Waals surface area contributed by atoms with E-state index in [-0.39, 0.29) is 12.3 Å². The Morgan fingerprint density at radius 1 is 1.44 bits per heavy atom. The Kier molecular flexibility index (Phi) is 5.08. The van der Waals surface area contributed by atoms with Crippen LogP contribution in [0.25, 0.3) is 0 Å². The highest BCUT2D eigenvalue weighted by Gasteiger charge is 2.32. The van der Waals surface area contributed by atoms with Crippen molar-refractivity contribution in [3.63, 3.8) is 0 Å².